The van der Waals surface area contributed by atoms with Crippen LogP contribution in [0, 0.1) is 23.5 Å². The van der Waals surface area contributed by atoms with Crippen molar-refractivity contribution in [2.45, 2.75) is 31.9 Å². The molecule has 2 aliphatic rings. The molecular formula is C31H27F2NO3. The first-order valence-electron chi connectivity index (χ1n) is 12.4. The third kappa shape index (κ3) is 5.53. The van der Waals surface area contributed by atoms with Crippen LogP contribution in [0.25, 0.3) is 0 Å². The molecule has 0 saturated carbocycles. The van der Waals surface area contributed by atoms with Crippen molar-refractivity contribution in [3.05, 3.63) is 126 Å². The van der Waals surface area contributed by atoms with Crippen molar-refractivity contribution >= 4 is 17.4 Å². The molecule has 1 unspecified atom stereocenters. The molecule has 3 aromatic carbocycles. The van der Waals surface area contributed by atoms with E-state index in [0.717, 1.165) is 11.3 Å². The van der Waals surface area contributed by atoms with Crippen molar-refractivity contribution in [1.29, 1.82) is 0 Å². The predicted molar refractivity (Wildman–Crippen MR) is 138 cm³/mol. The zero-order chi connectivity index (χ0) is 25.8. The summed E-state index contributed by atoms with van der Waals surface area (Å²) >= 11 is 0. The third-order valence-corrected chi connectivity index (χ3v) is 7.00. The van der Waals surface area contributed by atoms with Gasteiger partial charge in [0.25, 0.3) is 0 Å². The number of halogens is 2. The maximum atomic E-state index is 13.5. The van der Waals surface area contributed by atoms with Crippen LogP contribution in [0.4, 0.5) is 14.5 Å². The highest BCUT2D eigenvalue weighted by Crippen LogP contribution is 2.42. The second-order valence-electron chi connectivity index (χ2n) is 9.39. The van der Waals surface area contributed by atoms with Gasteiger partial charge < -0.3 is 9.64 Å². The fraction of sp³-hybridized carbons (Fsp3) is 0.226. The number of nitrogens with zero attached hydrogens (tertiary/aromatic N) is 1. The standard InChI is InChI=1S/C31H27F2NO3/c32-24-10-6-22(7-11-24)29(35)19-18-28-30(34(31(28)36)26-14-12-25(33)13-15-26)23-8-16-27(17-9-23)37-20-21-4-2-1-3-5-21/h1-8,10-17,23,28,30H,9,18-20H2/t23?,28-,30-/m1/s1. The first-order chi connectivity index (χ1) is 18.0. The van der Waals surface area contributed by atoms with Gasteiger partial charge in [0.05, 0.1) is 12.0 Å². The highest BCUT2D eigenvalue weighted by atomic mass is 19.1. The van der Waals surface area contributed by atoms with Gasteiger partial charge in [0, 0.05) is 23.6 Å². The first kappa shape index (κ1) is 24.6. The summed E-state index contributed by atoms with van der Waals surface area (Å²) in [5.74, 6) is -0.501. The van der Waals surface area contributed by atoms with E-state index in [9.17, 15) is 18.4 Å². The van der Waals surface area contributed by atoms with E-state index in [1.165, 1.54) is 36.4 Å². The molecule has 1 aliphatic carbocycles. The van der Waals surface area contributed by atoms with E-state index in [0.29, 0.717) is 30.7 Å². The number of amides is 1. The van der Waals surface area contributed by atoms with Gasteiger partial charge in [0.1, 0.15) is 24.0 Å². The van der Waals surface area contributed by atoms with Crippen LogP contribution in [0.2, 0.25) is 0 Å². The van der Waals surface area contributed by atoms with E-state index in [4.69, 9.17) is 4.74 Å². The van der Waals surface area contributed by atoms with Crippen molar-refractivity contribution in [3.63, 3.8) is 0 Å². The second-order valence-corrected chi connectivity index (χ2v) is 9.39. The summed E-state index contributed by atoms with van der Waals surface area (Å²) < 4.78 is 32.7. The van der Waals surface area contributed by atoms with E-state index >= 15 is 0 Å². The van der Waals surface area contributed by atoms with E-state index in [1.54, 1.807) is 17.0 Å². The summed E-state index contributed by atoms with van der Waals surface area (Å²) in [4.78, 5) is 27.6. The smallest absolute Gasteiger partial charge is 0.232 e. The lowest BCUT2D eigenvalue weighted by atomic mass is 9.73. The summed E-state index contributed by atoms with van der Waals surface area (Å²) in [6.07, 6.45) is 7.28. The van der Waals surface area contributed by atoms with Crippen molar-refractivity contribution in [2.75, 3.05) is 4.90 Å². The van der Waals surface area contributed by atoms with Gasteiger partial charge in [-0.15, -0.1) is 0 Å². The van der Waals surface area contributed by atoms with Crippen LogP contribution in [0.1, 0.15) is 35.2 Å². The van der Waals surface area contributed by atoms with Gasteiger partial charge in [-0.25, -0.2) is 8.78 Å². The molecule has 0 radical (unpaired) electrons. The Labute approximate surface area is 214 Å². The lowest BCUT2D eigenvalue weighted by molar-refractivity contribution is -0.131. The Kier molecular flexibility index (Phi) is 7.26. The number of carbonyl (C=O) groups is 2. The number of allylic oxidation sites excluding steroid dienone is 2. The Bertz CT molecular complexity index is 1320. The van der Waals surface area contributed by atoms with Crippen LogP contribution < -0.4 is 4.90 Å². The monoisotopic (exact) mass is 499 g/mol. The van der Waals surface area contributed by atoms with Gasteiger partial charge in [-0.3, -0.25) is 9.59 Å². The number of hydrogen-bond donors (Lipinski definition) is 0. The number of Topliss-reactive ketones (excluding diaryl/α,β-unsaturated/α-hetero) is 1. The minimum Gasteiger partial charge on any atom is -0.489 e. The van der Waals surface area contributed by atoms with Crippen LogP contribution in [0.3, 0.4) is 0 Å². The van der Waals surface area contributed by atoms with Crippen LogP contribution in [-0.4, -0.2) is 17.7 Å². The largest absolute Gasteiger partial charge is 0.489 e. The van der Waals surface area contributed by atoms with Crippen molar-refractivity contribution in [3.8, 4) is 0 Å². The van der Waals surface area contributed by atoms with E-state index in [1.807, 2.05) is 42.5 Å². The second kappa shape index (κ2) is 10.9. The molecule has 1 amide bonds. The molecule has 0 N–H and O–H groups in total. The highest BCUT2D eigenvalue weighted by molar-refractivity contribution is 6.04. The molecule has 1 fully saturated rings. The van der Waals surface area contributed by atoms with Crippen LogP contribution >= 0.6 is 0 Å². The normalized spacial score (nSPS) is 20.8. The molecule has 6 heteroatoms. The molecule has 1 heterocycles. The average Bonchev–Trinajstić information content (AvgIpc) is 2.93. The summed E-state index contributed by atoms with van der Waals surface area (Å²) in [7, 11) is 0. The van der Waals surface area contributed by atoms with Crippen LogP contribution in [-0.2, 0) is 16.1 Å². The Morgan fingerprint density at radius 1 is 0.919 bits per heavy atom. The van der Waals surface area contributed by atoms with Gasteiger partial charge in [-0.2, -0.15) is 0 Å². The predicted octanol–water partition coefficient (Wildman–Crippen LogP) is 6.64. The summed E-state index contributed by atoms with van der Waals surface area (Å²) in [5.41, 5.74) is 2.15. The maximum Gasteiger partial charge on any atom is 0.232 e. The molecule has 0 bridgehead atoms. The van der Waals surface area contributed by atoms with Crippen LogP contribution in [0.15, 0.2) is 103 Å². The number of β-lactam (4-membered cyclic amide) rings is 1. The Morgan fingerprint density at radius 2 is 1.59 bits per heavy atom. The number of ketones is 1. The molecule has 4 nitrogen and oxygen atoms in total. The van der Waals surface area contributed by atoms with Gasteiger partial charge in [-0.1, -0.05) is 36.4 Å². The van der Waals surface area contributed by atoms with Gasteiger partial charge in [-0.05, 0) is 79.1 Å². The molecule has 5 rings (SSSR count). The van der Waals surface area contributed by atoms with E-state index in [-0.39, 0.29) is 41.8 Å². The molecular weight excluding hydrogens is 472 g/mol. The average molecular weight is 500 g/mol. The van der Waals surface area contributed by atoms with E-state index in [2.05, 4.69) is 6.08 Å². The van der Waals surface area contributed by atoms with E-state index < -0.39 is 5.82 Å². The Morgan fingerprint density at radius 3 is 2.24 bits per heavy atom. The molecule has 3 atom stereocenters. The molecule has 1 saturated heterocycles. The number of anilines is 1. The van der Waals surface area contributed by atoms with Gasteiger partial charge in [0.15, 0.2) is 5.78 Å². The first-order valence-corrected chi connectivity index (χ1v) is 12.4. The number of rotatable bonds is 9. The lowest BCUT2D eigenvalue weighted by Gasteiger charge is -2.50. The number of benzene rings is 3. The summed E-state index contributed by atoms with van der Waals surface area (Å²) in [6.45, 7) is 0.472. The zero-order valence-electron chi connectivity index (χ0n) is 20.2. The van der Waals surface area contributed by atoms with Crippen LogP contribution in [0.5, 0.6) is 0 Å². The molecule has 1 aliphatic heterocycles. The molecule has 37 heavy (non-hydrogen) atoms. The number of ether oxygens (including phenoxy) is 1. The van der Waals surface area contributed by atoms with Gasteiger partial charge in [0.2, 0.25) is 5.91 Å². The minimum atomic E-state index is -0.398. The molecule has 3 aromatic rings. The summed E-state index contributed by atoms with van der Waals surface area (Å²) in [5, 5.41) is 0. The minimum absolute atomic E-state index is 0.0257. The zero-order valence-corrected chi connectivity index (χ0v) is 20.2. The van der Waals surface area contributed by atoms with Crippen molar-refractivity contribution in [1.82, 2.24) is 0 Å². The topological polar surface area (TPSA) is 46.6 Å². The maximum absolute atomic E-state index is 13.5. The number of carbonyl (C=O) groups excluding carboxylic acids is 2. The number of hydrogen-bond acceptors (Lipinski definition) is 3. The quantitative estimate of drug-likeness (QED) is 0.245. The summed E-state index contributed by atoms with van der Waals surface area (Å²) in [6, 6.07) is 21.1. The third-order valence-electron chi connectivity index (χ3n) is 7.00. The molecule has 0 spiro atoms. The SMILES string of the molecule is O=C(CC[C@H]1C(=O)N(c2ccc(F)cc2)[C@@H]1C1C=CC(OCc2ccccc2)=CC1)c1ccc(F)cc1. The Balaban J connectivity index is 1.28. The highest BCUT2D eigenvalue weighted by Gasteiger charge is 2.50. The Hall–Kier alpha value is -4.06. The van der Waals surface area contributed by atoms with Gasteiger partial charge >= 0.3 is 0 Å². The fourth-order valence-electron chi connectivity index (χ4n) is 5.04. The molecule has 0 aromatic heterocycles. The van der Waals surface area contributed by atoms with Crippen molar-refractivity contribution in [2.24, 2.45) is 11.8 Å². The lowest BCUT2D eigenvalue weighted by Crippen LogP contribution is -2.64. The fourth-order valence-corrected chi connectivity index (χ4v) is 5.04. The van der Waals surface area contributed by atoms with Crippen molar-refractivity contribution < 1.29 is 23.1 Å². The molecule has 188 valence electrons.